The van der Waals surface area contributed by atoms with E-state index in [1.165, 1.54) is 12.1 Å². The number of hydrogen-bond donors (Lipinski definition) is 2. The lowest BCUT2D eigenvalue weighted by Crippen LogP contribution is -2.58. The average Bonchev–Trinajstić information content (AvgIpc) is 2.67. The number of rotatable bonds is 5. The van der Waals surface area contributed by atoms with Crippen molar-refractivity contribution in [1.82, 2.24) is 10.6 Å². The lowest BCUT2D eigenvalue weighted by atomic mass is 9.89. The zero-order chi connectivity index (χ0) is 18.6. The molecule has 26 heavy (non-hydrogen) atoms. The second kappa shape index (κ2) is 8.01. The fourth-order valence-electron chi connectivity index (χ4n) is 3.19. The van der Waals surface area contributed by atoms with Gasteiger partial charge in [0.1, 0.15) is 11.7 Å². The van der Waals surface area contributed by atoms with E-state index >= 15 is 0 Å². The number of hydrogen-bond acceptors (Lipinski definition) is 3. The number of alkyl halides is 1. The molecular formula is C19H20ClFN2O3. The Morgan fingerprint density at radius 1 is 1.12 bits per heavy atom. The molecule has 2 aromatic carbocycles. The number of ether oxygens (including phenoxy) is 1. The van der Waals surface area contributed by atoms with Crippen molar-refractivity contribution in [3.8, 4) is 0 Å². The van der Waals surface area contributed by atoms with Crippen molar-refractivity contribution < 1.29 is 18.7 Å². The number of amides is 2. The third-order valence-corrected chi connectivity index (χ3v) is 4.93. The zero-order valence-corrected chi connectivity index (χ0v) is 14.9. The molecule has 0 radical (unpaired) electrons. The van der Waals surface area contributed by atoms with Crippen LogP contribution >= 0.6 is 11.6 Å². The minimum Gasteiger partial charge on any atom is -0.381 e. The highest BCUT2D eigenvalue weighted by molar-refractivity contribution is 6.27. The molecule has 138 valence electrons. The molecule has 5 nitrogen and oxygen atoms in total. The molecule has 0 aromatic heterocycles. The molecule has 2 aromatic rings. The Balaban J connectivity index is 1.86. The molecule has 1 aliphatic heterocycles. The summed E-state index contributed by atoms with van der Waals surface area (Å²) in [7, 11) is 0. The van der Waals surface area contributed by atoms with E-state index in [1.807, 2.05) is 0 Å². The molecule has 0 saturated carbocycles. The first-order valence-electron chi connectivity index (χ1n) is 8.45. The van der Waals surface area contributed by atoms with Gasteiger partial charge in [-0.05, 0) is 30.4 Å². The standard InChI is InChI=1S/C19H20ClFN2O3/c20-11-17(24)22-12-19(7-9-26-10-8-19)23-18(25)15-5-6-16(21)14-4-2-1-3-13(14)15/h1-6H,7-12H2,(H,22,24)(H,23,25). The van der Waals surface area contributed by atoms with Crippen LogP contribution in [-0.2, 0) is 9.53 Å². The Hall–Kier alpha value is -2.18. The summed E-state index contributed by atoms with van der Waals surface area (Å²) in [5.41, 5.74) is -0.219. The van der Waals surface area contributed by atoms with Crippen molar-refractivity contribution in [3.63, 3.8) is 0 Å². The Morgan fingerprint density at radius 2 is 1.81 bits per heavy atom. The number of fused-ring (bicyclic) bond motifs is 1. The SMILES string of the molecule is O=C(CCl)NCC1(NC(=O)c2ccc(F)c3ccccc23)CCOCC1. The van der Waals surface area contributed by atoms with Crippen LogP contribution in [0.25, 0.3) is 10.8 Å². The average molecular weight is 379 g/mol. The fourth-order valence-corrected chi connectivity index (χ4v) is 3.29. The summed E-state index contributed by atoms with van der Waals surface area (Å²) in [5, 5.41) is 6.74. The molecule has 2 amide bonds. The van der Waals surface area contributed by atoms with Crippen molar-refractivity contribution in [1.29, 1.82) is 0 Å². The van der Waals surface area contributed by atoms with E-state index in [0.29, 0.717) is 42.4 Å². The summed E-state index contributed by atoms with van der Waals surface area (Å²) >= 11 is 5.54. The second-order valence-electron chi connectivity index (χ2n) is 6.40. The highest BCUT2D eigenvalue weighted by Crippen LogP contribution is 2.25. The molecule has 1 heterocycles. The molecule has 0 unspecified atom stereocenters. The monoisotopic (exact) mass is 378 g/mol. The van der Waals surface area contributed by atoms with Gasteiger partial charge in [0.2, 0.25) is 5.91 Å². The van der Waals surface area contributed by atoms with E-state index in [-0.39, 0.29) is 30.1 Å². The van der Waals surface area contributed by atoms with E-state index in [1.54, 1.807) is 24.3 Å². The molecule has 2 N–H and O–H groups in total. The Morgan fingerprint density at radius 3 is 2.50 bits per heavy atom. The van der Waals surface area contributed by atoms with Gasteiger partial charge in [0.05, 0.1) is 5.54 Å². The fraction of sp³-hybridized carbons (Fsp3) is 0.368. The summed E-state index contributed by atoms with van der Waals surface area (Å²) in [4.78, 5) is 24.5. The molecule has 7 heteroatoms. The van der Waals surface area contributed by atoms with Crippen molar-refractivity contribution >= 4 is 34.2 Å². The lowest BCUT2D eigenvalue weighted by molar-refractivity contribution is -0.119. The van der Waals surface area contributed by atoms with Crippen LogP contribution in [0.1, 0.15) is 23.2 Å². The van der Waals surface area contributed by atoms with Gasteiger partial charge in [-0.2, -0.15) is 0 Å². The van der Waals surface area contributed by atoms with E-state index < -0.39 is 5.54 Å². The first-order chi connectivity index (χ1) is 12.5. The molecular weight excluding hydrogens is 359 g/mol. The predicted molar refractivity (Wildman–Crippen MR) is 97.9 cm³/mol. The Kier molecular flexibility index (Phi) is 5.74. The molecule has 1 fully saturated rings. The van der Waals surface area contributed by atoms with Gasteiger partial charge in [0.25, 0.3) is 5.91 Å². The van der Waals surface area contributed by atoms with Crippen LogP contribution in [0.4, 0.5) is 4.39 Å². The maximum absolute atomic E-state index is 14.0. The van der Waals surface area contributed by atoms with Crippen LogP contribution in [0.3, 0.4) is 0 Å². The predicted octanol–water partition coefficient (Wildman–Crippen LogP) is 2.61. The van der Waals surface area contributed by atoms with E-state index in [9.17, 15) is 14.0 Å². The van der Waals surface area contributed by atoms with Crippen molar-refractivity contribution in [3.05, 3.63) is 47.8 Å². The molecule has 0 bridgehead atoms. The van der Waals surface area contributed by atoms with Gasteiger partial charge in [-0.3, -0.25) is 9.59 Å². The summed E-state index contributed by atoms with van der Waals surface area (Å²) in [6.07, 6.45) is 1.14. The van der Waals surface area contributed by atoms with Gasteiger partial charge in [0, 0.05) is 30.7 Å². The number of benzene rings is 2. The first kappa shape index (κ1) is 18.6. The van der Waals surface area contributed by atoms with Gasteiger partial charge in [-0.25, -0.2) is 4.39 Å². The molecule has 1 saturated heterocycles. The second-order valence-corrected chi connectivity index (χ2v) is 6.66. The van der Waals surface area contributed by atoms with Crippen LogP contribution in [0, 0.1) is 5.82 Å². The smallest absolute Gasteiger partial charge is 0.252 e. The Bertz CT molecular complexity index is 822. The van der Waals surface area contributed by atoms with Crippen LogP contribution in [0.15, 0.2) is 36.4 Å². The van der Waals surface area contributed by atoms with Crippen LogP contribution in [0.2, 0.25) is 0 Å². The summed E-state index contributed by atoms with van der Waals surface area (Å²) in [6.45, 7) is 1.25. The topological polar surface area (TPSA) is 67.4 Å². The van der Waals surface area contributed by atoms with Crippen LogP contribution in [-0.4, -0.2) is 43.0 Å². The van der Waals surface area contributed by atoms with Gasteiger partial charge in [0.15, 0.2) is 0 Å². The summed E-state index contributed by atoms with van der Waals surface area (Å²) in [6, 6.07) is 9.64. The maximum atomic E-state index is 14.0. The molecule has 0 aliphatic carbocycles. The van der Waals surface area contributed by atoms with E-state index in [0.717, 1.165) is 0 Å². The maximum Gasteiger partial charge on any atom is 0.252 e. The number of halogens is 2. The van der Waals surface area contributed by atoms with Crippen molar-refractivity contribution in [2.45, 2.75) is 18.4 Å². The zero-order valence-electron chi connectivity index (χ0n) is 14.2. The van der Waals surface area contributed by atoms with Gasteiger partial charge in [-0.1, -0.05) is 24.3 Å². The highest BCUT2D eigenvalue weighted by Gasteiger charge is 2.35. The van der Waals surface area contributed by atoms with Gasteiger partial charge < -0.3 is 15.4 Å². The quantitative estimate of drug-likeness (QED) is 0.786. The van der Waals surface area contributed by atoms with E-state index in [2.05, 4.69) is 10.6 Å². The number of carbonyl (C=O) groups is 2. The molecule has 0 atom stereocenters. The lowest BCUT2D eigenvalue weighted by Gasteiger charge is -2.38. The number of carbonyl (C=O) groups excluding carboxylic acids is 2. The Labute approximate surface area is 155 Å². The minimum atomic E-state index is -0.619. The minimum absolute atomic E-state index is 0.136. The third-order valence-electron chi connectivity index (χ3n) is 4.69. The highest BCUT2D eigenvalue weighted by atomic mass is 35.5. The summed E-state index contributed by atoms with van der Waals surface area (Å²) in [5.74, 6) is -1.10. The molecule has 3 rings (SSSR count). The van der Waals surface area contributed by atoms with Gasteiger partial charge >= 0.3 is 0 Å². The first-order valence-corrected chi connectivity index (χ1v) is 8.98. The van der Waals surface area contributed by atoms with E-state index in [4.69, 9.17) is 16.3 Å². The third kappa shape index (κ3) is 3.97. The van der Waals surface area contributed by atoms with Crippen LogP contribution < -0.4 is 10.6 Å². The van der Waals surface area contributed by atoms with Gasteiger partial charge in [-0.15, -0.1) is 11.6 Å². The van der Waals surface area contributed by atoms with Crippen LogP contribution in [0.5, 0.6) is 0 Å². The summed E-state index contributed by atoms with van der Waals surface area (Å²) < 4.78 is 19.4. The van der Waals surface area contributed by atoms with Crippen molar-refractivity contribution in [2.75, 3.05) is 25.6 Å². The largest absolute Gasteiger partial charge is 0.381 e. The molecule has 0 spiro atoms. The normalized spacial score (nSPS) is 16.2. The number of nitrogens with one attached hydrogen (secondary N) is 2. The molecule has 1 aliphatic rings. The van der Waals surface area contributed by atoms with Crippen molar-refractivity contribution in [2.24, 2.45) is 0 Å².